The summed E-state index contributed by atoms with van der Waals surface area (Å²) in [6.07, 6.45) is 9.10. The van der Waals surface area contributed by atoms with Crippen LogP contribution in [0, 0.1) is 23.2 Å². The maximum atomic E-state index is 5.24. The summed E-state index contributed by atoms with van der Waals surface area (Å²) in [5.74, 6) is 3.13. The quantitative estimate of drug-likeness (QED) is 0.745. The predicted molar refractivity (Wildman–Crippen MR) is 87.4 cm³/mol. The Labute approximate surface area is 130 Å². The van der Waals surface area contributed by atoms with Gasteiger partial charge in [0.2, 0.25) is 0 Å². The molecule has 3 nitrogen and oxygen atoms in total. The molecule has 1 atom stereocenters. The molecule has 4 rings (SSSR count). The lowest BCUT2D eigenvalue weighted by atomic mass is 9.47. The molecule has 1 unspecified atom stereocenters. The van der Waals surface area contributed by atoms with Crippen LogP contribution in [0.15, 0.2) is 0 Å². The molecule has 0 amide bonds. The molecule has 0 saturated heterocycles. The second-order valence-corrected chi connectivity index (χ2v) is 8.15. The van der Waals surface area contributed by atoms with Crippen molar-refractivity contribution in [3.05, 3.63) is 0 Å². The average molecular weight is 294 g/mol. The Bertz CT molecular complexity index is 309. The number of likely N-dealkylation sites (N-methyl/N-ethyl adjacent to an activating group) is 2. The van der Waals surface area contributed by atoms with E-state index >= 15 is 0 Å². The van der Waals surface area contributed by atoms with Crippen molar-refractivity contribution in [2.45, 2.75) is 51.5 Å². The first-order valence-electron chi connectivity index (χ1n) is 9.06. The molecule has 0 heterocycles. The van der Waals surface area contributed by atoms with E-state index in [1.807, 2.05) is 0 Å². The Morgan fingerprint density at radius 1 is 1.14 bits per heavy atom. The molecule has 1 N–H and O–H groups in total. The summed E-state index contributed by atoms with van der Waals surface area (Å²) in [6, 6.07) is 0.678. The van der Waals surface area contributed by atoms with Crippen LogP contribution in [-0.4, -0.2) is 51.3 Å². The summed E-state index contributed by atoms with van der Waals surface area (Å²) in [5, 5.41) is 3.86. The number of nitrogens with zero attached hydrogens (tertiary/aromatic N) is 1. The van der Waals surface area contributed by atoms with E-state index in [1.54, 1.807) is 7.11 Å². The van der Waals surface area contributed by atoms with Crippen LogP contribution in [0.5, 0.6) is 0 Å². The van der Waals surface area contributed by atoms with E-state index in [1.165, 1.54) is 45.1 Å². The van der Waals surface area contributed by atoms with Crippen molar-refractivity contribution in [1.29, 1.82) is 0 Å². The summed E-state index contributed by atoms with van der Waals surface area (Å²) in [5.41, 5.74) is 0.603. The number of hydrogen-bond acceptors (Lipinski definition) is 3. The second-order valence-electron chi connectivity index (χ2n) is 8.15. The standard InChI is InChI=1S/C18H34N2O/c1-4-19-17(13-20(2)5-6-21-3)18-10-14-7-15(11-18)9-16(8-14)12-18/h14-17,19H,4-13H2,1-3H3. The number of methoxy groups -OCH3 is 1. The lowest BCUT2D eigenvalue weighted by molar-refractivity contribution is -0.0780. The first kappa shape index (κ1) is 15.8. The van der Waals surface area contributed by atoms with Gasteiger partial charge < -0.3 is 15.0 Å². The van der Waals surface area contributed by atoms with Gasteiger partial charge in [-0.25, -0.2) is 0 Å². The average Bonchev–Trinajstić information content (AvgIpc) is 2.43. The van der Waals surface area contributed by atoms with Gasteiger partial charge in [-0.2, -0.15) is 0 Å². The zero-order valence-electron chi connectivity index (χ0n) is 14.2. The number of ether oxygens (including phenoxy) is 1. The van der Waals surface area contributed by atoms with Gasteiger partial charge >= 0.3 is 0 Å². The summed E-state index contributed by atoms with van der Waals surface area (Å²) >= 11 is 0. The fourth-order valence-electron chi connectivity index (χ4n) is 5.98. The first-order valence-corrected chi connectivity index (χ1v) is 9.06. The lowest BCUT2D eigenvalue weighted by Crippen LogP contribution is -2.59. The molecule has 0 spiro atoms. The van der Waals surface area contributed by atoms with Gasteiger partial charge in [0.25, 0.3) is 0 Å². The van der Waals surface area contributed by atoms with Gasteiger partial charge in [0.05, 0.1) is 6.61 Å². The van der Waals surface area contributed by atoms with Gasteiger partial charge in [-0.05, 0) is 75.3 Å². The first-order chi connectivity index (χ1) is 10.1. The van der Waals surface area contributed by atoms with Crippen molar-refractivity contribution in [2.24, 2.45) is 23.2 Å². The summed E-state index contributed by atoms with van der Waals surface area (Å²) in [4.78, 5) is 2.47. The highest BCUT2D eigenvalue weighted by Crippen LogP contribution is 2.61. The minimum atomic E-state index is 0.603. The van der Waals surface area contributed by atoms with Crippen LogP contribution >= 0.6 is 0 Å². The molecular formula is C18H34N2O. The van der Waals surface area contributed by atoms with Crippen molar-refractivity contribution in [3.8, 4) is 0 Å². The molecule has 0 aromatic rings. The van der Waals surface area contributed by atoms with Crippen LogP contribution in [0.25, 0.3) is 0 Å². The van der Waals surface area contributed by atoms with Crippen molar-refractivity contribution < 1.29 is 4.74 Å². The fraction of sp³-hybridized carbons (Fsp3) is 1.00. The van der Waals surface area contributed by atoms with Crippen LogP contribution < -0.4 is 5.32 Å². The molecular weight excluding hydrogens is 260 g/mol. The Morgan fingerprint density at radius 3 is 2.19 bits per heavy atom. The Morgan fingerprint density at radius 2 is 1.71 bits per heavy atom. The van der Waals surface area contributed by atoms with Crippen molar-refractivity contribution in [2.75, 3.05) is 40.4 Å². The zero-order chi connectivity index (χ0) is 14.9. The third kappa shape index (κ3) is 3.30. The van der Waals surface area contributed by atoms with Crippen LogP contribution in [0.1, 0.15) is 45.4 Å². The Hall–Kier alpha value is -0.120. The molecule has 4 aliphatic carbocycles. The van der Waals surface area contributed by atoms with E-state index in [9.17, 15) is 0 Å². The lowest BCUT2D eigenvalue weighted by Gasteiger charge is -2.60. The molecule has 0 aromatic carbocycles. The predicted octanol–water partition coefficient (Wildman–Crippen LogP) is 2.76. The van der Waals surface area contributed by atoms with Crippen molar-refractivity contribution in [3.63, 3.8) is 0 Å². The van der Waals surface area contributed by atoms with Crippen LogP contribution in [0.2, 0.25) is 0 Å². The smallest absolute Gasteiger partial charge is 0.0589 e. The van der Waals surface area contributed by atoms with E-state index < -0.39 is 0 Å². The maximum absolute atomic E-state index is 5.24. The molecule has 4 fully saturated rings. The maximum Gasteiger partial charge on any atom is 0.0589 e. The van der Waals surface area contributed by atoms with Crippen LogP contribution in [-0.2, 0) is 4.74 Å². The second kappa shape index (κ2) is 6.55. The van der Waals surface area contributed by atoms with Gasteiger partial charge in [0.1, 0.15) is 0 Å². The Kier molecular flexibility index (Phi) is 4.92. The van der Waals surface area contributed by atoms with E-state index in [0.29, 0.717) is 11.5 Å². The topological polar surface area (TPSA) is 24.5 Å². The third-order valence-corrected chi connectivity index (χ3v) is 6.45. The highest BCUT2D eigenvalue weighted by Gasteiger charge is 2.53. The third-order valence-electron chi connectivity index (χ3n) is 6.45. The highest BCUT2D eigenvalue weighted by atomic mass is 16.5. The zero-order valence-corrected chi connectivity index (χ0v) is 14.2. The Balaban J connectivity index is 1.68. The van der Waals surface area contributed by atoms with Gasteiger partial charge in [-0.3, -0.25) is 0 Å². The normalized spacial score (nSPS) is 39.1. The molecule has 0 radical (unpaired) electrons. The van der Waals surface area contributed by atoms with Gasteiger partial charge in [0.15, 0.2) is 0 Å². The molecule has 4 saturated carbocycles. The van der Waals surface area contributed by atoms with Gasteiger partial charge in [0, 0.05) is 26.2 Å². The monoisotopic (exact) mass is 294 g/mol. The van der Waals surface area contributed by atoms with Crippen LogP contribution in [0.4, 0.5) is 0 Å². The van der Waals surface area contributed by atoms with E-state index in [0.717, 1.165) is 37.5 Å². The molecule has 4 bridgehead atoms. The van der Waals surface area contributed by atoms with Crippen LogP contribution in [0.3, 0.4) is 0 Å². The molecule has 21 heavy (non-hydrogen) atoms. The molecule has 122 valence electrons. The largest absolute Gasteiger partial charge is 0.383 e. The van der Waals surface area contributed by atoms with Crippen molar-refractivity contribution >= 4 is 0 Å². The number of rotatable bonds is 8. The minimum Gasteiger partial charge on any atom is -0.383 e. The van der Waals surface area contributed by atoms with E-state index in [2.05, 4.69) is 24.2 Å². The molecule has 0 aromatic heterocycles. The SMILES string of the molecule is CCNC(CN(C)CCOC)C12CC3CC(CC(C3)C1)C2. The summed E-state index contributed by atoms with van der Waals surface area (Å²) in [6.45, 7) is 6.44. The molecule has 3 heteroatoms. The molecule has 0 aliphatic heterocycles. The van der Waals surface area contributed by atoms with Crippen molar-refractivity contribution in [1.82, 2.24) is 10.2 Å². The number of hydrogen-bond donors (Lipinski definition) is 1. The van der Waals surface area contributed by atoms with Gasteiger partial charge in [-0.15, -0.1) is 0 Å². The minimum absolute atomic E-state index is 0.603. The summed E-state index contributed by atoms with van der Waals surface area (Å²) in [7, 11) is 4.05. The molecule has 4 aliphatic rings. The van der Waals surface area contributed by atoms with E-state index in [4.69, 9.17) is 4.74 Å². The number of nitrogens with one attached hydrogen (secondary N) is 1. The van der Waals surface area contributed by atoms with Gasteiger partial charge in [-0.1, -0.05) is 6.92 Å². The highest BCUT2D eigenvalue weighted by molar-refractivity contribution is 5.06. The fourth-order valence-corrected chi connectivity index (χ4v) is 5.98. The summed E-state index contributed by atoms with van der Waals surface area (Å²) < 4.78 is 5.24. The van der Waals surface area contributed by atoms with E-state index in [-0.39, 0.29) is 0 Å².